The first kappa shape index (κ1) is 18.1. The van der Waals surface area contributed by atoms with Crippen LogP contribution in [-0.2, 0) is 21.6 Å². The lowest BCUT2D eigenvalue weighted by molar-refractivity contribution is -0.147. The highest BCUT2D eigenvalue weighted by Gasteiger charge is 2.13. The van der Waals surface area contributed by atoms with E-state index in [1.807, 2.05) is 24.3 Å². The van der Waals surface area contributed by atoms with Gasteiger partial charge in [0.1, 0.15) is 12.4 Å². The molecular formula is C19H20N2O4S. The molecule has 0 bridgehead atoms. The molecule has 0 saturated heterocycles. The van der Waals surface area contributed by atoms with Gasteiger partial charge in [-0.3, -0.25) is 9.20 Å². The van der Waals surface area contributed by atoms with E-state index in [1.54, 1.807) is 11.6 Å². The maximum absolute atomic E-state index is 11.9. The highest BCUT2D eigenvalue weighted by molar-refractivity contribution is 7.15. The van der Waals surface area contributed by atoms with Crippen molar-refractivity contribution in [1.29, 1.82) is 0 Å². The van der Waals surface area contributed by atoms with Crippen molar-refractivity contribution in [3.05, 3.63) is 63.5 Å². The number of hydrogen-bond donors (Lipinski definition) is 0. The number of rotatable bonds is 5. The van der Waals surface area contributed by atoms with Gasteiger partial charge in [0.05, 0.1) is 5.69 Å². The van der Waals surface area contributed by atoms with E-state index in [0.717, 1.165) is 0 Å². The first-order valence-corrected chi connectivity index (χ1v) is 9.06. The highest BCUT2D eigenvalue weighted by Crippen LogP contribution is 2.24. The van der Waals surface area contributed by atoms with E-state index in [0.29, 0.717) is 16.4 Å². The molecule has 0 aliphatic heterocycles. The maximum Gasteiger partial charge on any atom is 0.344 e. The Balaban J connectivity index is 1.53. The molecule has 0 N–H and O–H groups in total. The Morgan fingerprint density at radius 1 is 1.23 bits per heavy atom. The summed E-state index contributed by atoms with van der Waals surface area (Å²) in [5, 5.41) is 1.78. The second-order valence-corrected chi connectivity index (χ2v) is 7.74. The fourth-order valence-corrected chi connectivity index (χ4v) is 3.09. The Hall–Kier alpha value is -2.67. The third kappa shape index (κ3) is 4.29. The molecule has 26 heavy (non-hydrogen) atoms. The molecule has 0 atom stereocenters. The number of hydrogen-bond acceptors (Lipinski definition) is 6. The summed E-state index contributed by atoms with van der Waals surface area (Å²) in [6.45, 7) is 6.14. The van der Waals surface area contributed by atoms with Crippen molar-refractivity contribution in [3.63, 3.8) is 0 Å². The summed E-state index contributed by atoms with van der Waals surface area (Å²) < 4.78 is 12.0. The van der Waals surface area contributed by atoms with Crippen molar-refractivity contribution >= 4 is 22.3 Å². The van der Waals surface area contributed by atoms with Crippen LogP contribution in [0.3, 0.4) is 0 Å². The molecule has 0 aliphatic carbocycles. The second kappa shape index (κ2) is 7.29. The average Bonchev–Trinajstić information content (AvgIpc) is 3.07. The first-order chi connectivity index (χ1) is 12.3. The van der Waals surface area contributed by atoms with Crippen LogP contribution < -0.4 is 10.3 Å². The Kier molecular flexibility index (Phi) is 5.08. The van der Waals surface area contributed by atoms with Crippen LogP contribution in [0.1, 0.15) is 32.0 Å². The molecule has 0 saturated carbocycles. The molecule has 3 rings (SSSR count). The van der Waals surface area contributed by atoms with E-state index in [4.69, 9.17) is 9.47 Å². The van der Waals surface area contributed by atoms with Gasteiger partial charge in [-0.05, 0) is 23.1 Å². The molecule has 0 radical (unpaired) electrons. The summed E-state index contributed by atoms with van der Waals surface area (Å²) >= 11 is 1.35. The summed E-state index contributed by atoms with van der Waals surface area (Å²) in [5.74, 6) is 0.0874. The SMILES string of the molecule is CC(C)(C)c1ccc(OCC(=O)OCc2cc(=O)n3ccsc3n2)cc1. The van der Waals surface area contributed by atoms with Crippen LogP contribution in [0, 0.1) is 0 Å². The van der Waals surface area contributed by atoms with E-state index in [2.05, 4.69) is 25.8 Å². The lowest BCUT2D eigenvalue weighted by atomic mass is 9.87. The zero-order chi connectivity index (χ0) is 18.7. The molecule has 0 aliphatic rings. The Morgan fingerprint density at radius 2 is 1.96 bits per heavy atom. The van der Waals surface area contributed by atoms with Crippen LogP contribution in [0.4, 0.5) is 0 Å². The fourth-order valence-electron chi connectivity index (χ4n) is 2.35. The fraction of sp³-hybridized carbons (Fsp3) is 0.316. The maximum atomic E-state index is 11.9. The predicted octanol–water partition coefficient (Wildman–Crippen LogP) is 3.18. The summed E-state index contributed by atoms with van der Waals surface area (Å²) in [6, 6.07) is 8.99. The van der Waals surface area contributed by atoms with Gasteiger partial charge in [-0.15, -0.1) is 11.3 Å². The molecule has 0 fully saturated rings. The molecular weight excluding hydrogens is 352 g/mol. The Bertz CT molecular complexity index is 968. The number of fused-ring (bicyclic) bond motifs is 1. The van der Waals surface area contributed by atoms with E-state index < -0.39 is 5.97 Å². The smallest absolute Gasteiger partial charge is 0.344 e. The molecule has 2 aromatic heterocycles. The molecule has 0 amide bonds. The molecule has 0 unspecified atom stereocenters. The van der Waals surface area contributed by atoms with E-state index >= 15 is 0 Å². The number of ether oxygens (including phenoxy) is 2. The monoisotopic (exact) mass is 372 g/mol. The summed E-state index contributed by atoms with van der Waals surface area (Å²) in [4.78, 5) is 28.6. The van der Waals surface area contributed by atoms with Crippen molar-refractivity contribution in [2.75, 3.05) is 6.61 Å². The van der Waals surface area contributed by atoms with Gasteiger partial charge in [0.2, 0.25) is 0 Å². The highest BCUT2D eigenvalue weighted by atomic mass is 32.1. The molecule has 0 spiro atoms. The minimum Gasteiger partial charge on any atom is -0.482 e. The molecule has 136 valence electrons. The van der Waals surface area contributed by atoms with Gasteiger partial charge in [0.25, 0.3) is 5.56 Å². The summed E-state index contributed by atoms with van der Waals surface area (Å²) in [5.41, 5.74) is 1.47. The summed E-state index contributed by atoms with van der Waals surface area (Å²) in [7, 11) is 0. The molecule has 6 nitrogen and oxygen atoms in total. The molecule has 7 heteroatoms. The van der Waals surface area contributed by atoms with Crippen LogP contribution in [0.25, 0.3) is 4.96 Å². The zero-order valence-electron chi connectivity index (χ0n) is 14.9. The van der Waals surface area contributed by atoms with Gasteiger partial charge in [-0.1, -0.05) is 32.9 Å². The standard InChI is InChI=1S/C19H20N2O4S/c1-19(2,3)13-4-6-15(7-5-13)24-12-17(23)25-11-14-10-16(22)21-8-9-26-18(21)20-14/h4-10H,11-12H2,1-3H3. The van der Waals surface area contributed by atoms with Crippen molar-refractivity contribution in [2.45, 2.75) is 32.8 Å². The number of nitrogens with zero attached hydrogens (tertiary/aromatic N) is 2. The van der Waals surface area contributed by atoms with E-state index in [9.17, 15) is 9.59 Å². The quantitative estimate of drug-likeness (QED) is 0.644. The molecule has 2 heterocycles. The Labute approximate surface area is 155 Å². The first-order valence-electron chi connectivity index (χ1n) is 8.18. The number of esters is 1. The van der Waals surface area contributed by atoms with Crippen LogP contribution in [0.2, 0.25) is 0 Å². The zero-order valence-corrected chi connectivity index (χ0v) is 15.7. The number of thiazole rings is 1. The van der Waals surface area contributed by atoms with Crippen molar-refractivity contribution in [3.8, 4) is 5.75 Å². The normalized spacial score (nSPS) is 11.5. The lowest BCUT2D eigenvalue weighted by Crippen LogP contribution is -2.17. The van der Waals surface area contributed by atoms with Gasteiger partial charge >= 0.3 is 5.97 Å². The predicted molar refractivity (Wildman–Crippen MR) is 99.8 cm³/mol. The van der Waals surface area contributed by atoms with E-state index in [1.165, 1.54) is 27.4 Å². The average molecular weight is 372 g/mol. The number of aromatic nitrogens is 2. The molecule has 3 aromatic rings. The molecule has 1 aromatic carbocycles. The van der Waals surface area contributed by atoms with Gasteiger partial charge < -0.3 is 9.47 Å². The topological polar surface area (TPSA) is 69.9 Å². The van der Waals surface area contributed by atoms with E-state index in [-0.39, 0.29) is 24.2 Å². The second-order valence-electron chi connectivity index (χ2n) is 6.87. The minimum absolute atomic E-state index is 0.0607. The van der Waals surface area contributed by atoms with Crippen molar-refractivity contribution in [1.82, 2.24) is 9.38 Å². The van der Waals surface area contributed by atoms with Crippen LogP contribution in [-0.4, -0.2) is 22.0 Å². The largest absolute Gasteiger partial charge is 0.482 e. The number of carbonyl (C=O) groups is 1. The Morgan fingerprint density at radius 3 is 2.65 bits per heavy atom. The summed E-state index contributed by atoms with van der Waals surface area (Å²) in [6.07, 6.45) is 1.66. The van der Waals surface area contributed by atoms with Gasteiger partial charge in [-0.2, -0.15) is 0 Å². The number of carbonyl (C=O) groups excluding carboxylic acids is 1. The third-order valence-corrected chi connectivity index (χ3v) is 4.57. The van der Waals surface area contributed by atoms with Gasteiger partial charge in [0.15, 0.2) is 11.6 Å². The van der Waals surface area contributed by atoms with Crippen LogP contribution >= 0.6 is 11.3 Å². The van der Waals surface area contributed by atoms with Crippen LogP contribution in [0.5, 0.6) is 5.75 Å². The number of benzene rings is 1. The van der Waals surface area contributed by atoms with Crippen LogP contribution in [0.15, 0.2) is 46.7 Å². The lowest BCUT2D eigenvalue weighted by Gasteiger charge is -2.19. The van der Waals surface area contributed by atoms with Gasteiger partial charge in [0, 0.05) is 17.6 Å². The van der Waals surface area contributed by atoms with Crippen molar-refractivity contribution in [2.24, 2.45) is 0 Å². The third-order valence-electron chi connectivity index (χ3n) is 3.81. The van der Waals surface area contributed by atoms with Crippen molar-refractivity contribution < 1.29 is 14.3 Å². The van der Waals surface area contributed by atoms with Gasteiger partial charge in [-0.25, -0.2) is 9.78 Å². The minimum atomic E-state index is -0.516.